The first-order valence-corrected chi connectivity index (χ1v) is 10.3. The quantitative estimate of drug-likeness (QED) is 0.802. The Balaban J connectivity index is 1.32. The van der Waals surface area contributed by atoms with Crippen LogP contribution in [0.15, 0.2) is 24.4 Å². The number of carbonyl (C=O) groups is 1. The molecule has 2 aliphatic heterocycles. The molecule has 0 radical (unpaired) electrons. The predicted octanol–water partition coefficient (Wildman–Crippen LogP) is 3.89. The van der Waals surface area contributed by atoms with Crippen LogP contribution in [-0.2, 0) is 0 Å². The van der Waals surface area contributed by atoms with Crippen LogP contribution in [0.3, 0.4) is 0 Å². The number of hydrogen-bond donors (Lipinski definition) is 1. The standard InChI is InChI=1S/C21H26ClN5O2/c1-4-7-29-18-8-16(22)5-6-17(18)25-20(28)27-12-21(13-27)10-26(11-21)19-23-9-14(2)15(3)24-19/h5-6,8-9H,4,7,10-13H2,1-3H3,(H,25,28). The number of halogens is 1. The molecule has 2 amide bonds. The van der Waals surface area contributed by atoms with Crippen LogP contribution in [0, 0.1) is 19.3 Å². The molecular weight excluding hydrogens is 390 g/mol. The zero-order valence-electron chi connectivity index (χ0n) is 17.0. The third-order valence-electron chi connectivity index (χ3n) is 5.53. The van der Waals surface area contributed by atoms with Gasteiger partial charge in [0.25, 0.3) is 0 Å². The molecule has 8 heteroatoms. The Bertz CT molecular complexity index is 921. The minimum Gasteiger partial charge on any atom is -0.491 e. The number of nitrogens with one attached hydrogen (secondary N) is 1. The molecule has 1 aromatic carbocycles. The predicted molar refractivity (Wildman–Crippen MR) is 114 cm³/mol. The van der Waals surface area contributed by atoms with Gasteiger partial charge in [0.1, 0.15) is 5.75 Å². The minimum atomic E-state index is -0.111. The van der Waals surface area contributed by atoms with Gasteiger partial charge in [-0.05, 0) is 38.0 Å². The van der Waals surface area contributed by atoms with Crippen molar-refractivity contribution in [3.63, 3.8) is 0 Å². The van der Waals surface area contributed by atoms with Gasteiger partial charge in [-0.2, -0.15) is 0 Å². The highest BCUT2D eigenvalue weighted by atomic mass is 35.5. The molecule has 0 bridgehead atoms. The number of carbonyl (C=O) groups excluding carboxylic acids is 1. The topological polar surface area (TPSA) is 70.6 Å². The number of aromatic nitrogens is 2. The van der Waals surface area contributed by atoms with E-state index in [1.165, 1.54) is 0 Å². The molecule has 7 nitrogen and oxygen atoms in total. The molecule has 1 N–H and O–H groups in total. The molecule has 2 aliphatic rings. The Labute approximate surface area is 176 Å². The van der Waals surface area contributed by atoms with E-state index >= 15 is 0 Å². The van der Waals surface area contributed by atoms with E-state index in [-0.39, 0.29) is 11.4 Å². The second-order valence-corrected chi connectivity index (χ2v) is 8.51. The van der Waals surface area contributed by atoms with Gasteiger partial charge in [0.2, 0.25) is 5.95 Å². The van der Waals surface area contributed by atoms with Crippen LogP contribution in [0.5, 0.6) is 5.75 Å². The summed E-state index contributed by atoms with van der Waals surface area (Å²) in [6, 6.07) is 5.15. The van der Waals surface area contributed by atoms with E-state index < -0.39 is 0 Å². The maximum Gasteiger partial charge on any atom is 0.321 e. The largest absolute Gasteiger partial charge is 0.491 e. The normalized spacial score (nSPS) is 17.0. The van der Waals surface area contributed by atoms with Crippen LogP contribution in [0.4, 0.5) is 16.4 Å². The molecule has 1 spiro atoms. The summed E-state index contributed by atoms with van der Waals surface area (Å²) in [7, 11) is 0. The van der Waals surface area contributed by atoms with Crippen molar-refractivity contribution in [2.75, 3.05) is 43.0 Å². The minimum absolute atomic E-state index is 0.111. The number of likely N-dealkylation sites (tertiary alicyclic amines) is 1. The maximum atomic E-state index is 12.7. The summed E-state index contributed by atoms with van der Waals surface area (Å²) in [5, 5.41) is 3.54. The van der Waals surface area contributed by atoms with Crippen LogP contribution in [0.1, 0.15) is 24.6 Å². The highest BCUT2D eigenvalue weighted by molar-refractivity contribution is 6.30. The summed E-state index contributed by atoms with van der Waals surface area (Å²) in [6.07, 6.45) is 2.75. The number of urea groups is 1. The van der Waals surface area contributed by atoms with E-state index in [1.54, 1.807) is 18.2 Å². The first kappa shape index (κ1) is 19.8. The number of nitrogens with zero attached hydrogens (tertiary/aromatic N) is 4. The fourth-order valence-electron chi connectivity index (χ4n) is 3.80. The lowest BCUT2D eigenvalue weighted by Gasteiger charge is -2.59. The van der Waals surface area contributed by atoms with Crippen molar-refractivity contribution in [2.24, 2.45) is 5.41 Å². The van der Waals surface area contributed by atoms with Crippen LogP contribution < -0.4 is 15.0 Å². The number of hydrogen-bond acceptors (Lipinski definition) is 5. The van der Waals surface area contributed by atoms with E-state index in [9.17, 15) is 4.79 Å². The van der Waals surface area contributed by atoms with Gasteiger partial charge in [-0.3, -0.25) is 0 Å². The Morgan fingerprint density at radius 1 is 1.28 bits per heavy atom. The SMILES string of the molecule is CCCOc1cc(Cl)ccc1NC(=O)N1CC2(C1)CN(c1ncc(C)c(C)n1)C2. The van der Waals surface area contributed by atoms with Gasteiger partial charge < -0.3 is 19.9 Å². The number of rotatable bonds is 5. The number of benzene rings is 1. The lowest BCUT2D eigenvalue weighted by molar-refractivity contribution is 0.0114. The van der Waals surface area contributed by atoms with Crippen molar-refractivity contribution < 1.29 is 9.53 Å². The smallest absolute Gasteiger partial charge is 0.321 e. The molecule has 3 heterocycles. The Hall–Kier alpha value is -2.54. The summed E-state index contributed by atoms with van der Waals surface area (Å²) in [5.74, 6) is 1.38. The van der Waals surface area contributed by atoms with E-state index in [2.05, 4.69) is 20.2 Å². The first-order valence-electron chi connectivity index (χ1n) is 9.93. The maximum absolute atomic E-state index is 12.7. The first-order chi connectivity index (χ1) is 13.9. The summed E-state index contributed by atoms with van der Waals surface area (Å²) in [6.45, 7) is 9.85. The zero-order valence-corrected chi connectivity index (χ0v) is 17.8. The van der Waals surface area contributed by atoms with Gasteiger partial charge in [0, 0.05) is 54.6 Å². The molecule has 154 valence electrons. The van der Waals surface area contributed by atoms with E-state index in [0.717, 1.165) is 49.8 Å². The van der Waals surface area contributed by atoms with Gasteiger partial charge in [0.15, 0.2) is 0 Å². The lowest BCUT2D eigenvalue weighted by atomic mass is 9.73. The van der Waals surface area contributed by atoms with Gasteiger partial charge in [-0.1, -0.05) is 18.5 Å². The average molecular weight is 416 g/mol. The monoisotopic (exact) mass is 415 g/mol. The summed E-state index contributed by atoms with van der Waals surface area (Å²) in [5.41, 5.74) is 2.91. The molecule has 2 aromatic rings. The summed E-state index contributed by atoms with van der Waals surface area (Å²) >= 11 is 6.06. The zero-order chi connectivity index (χ0) is 20.6. The molecule has 29 heavy (non-hydrogen) atoms. The van der Waals surface area contributed by atoms with Gasteiger partial charge in [0.05, 0.1) is 12.3 Å². The number of amides is 2. The van der Waals surface area contributed by atoms with Crippen molar-refractivity contribution in [3.05, 3.63) is 40.7 Å². The van der Waals surface area contributed by atoms with Crippen LogP contribution in [0.2, 0.25) is 5.02 Å². The van der Waals surface area contributed by atoms with Crippen LogP contribution in [0.25, 0.3) is 0 Å². The third-order valence-corrected chi connectivity index (χ3v) is 5.77. The van der Waals surface area contributed by atoms with Crippen molar-refractivity contribution in [3.8, 4) is 5.75 Å². The molecule has 2 saturated heterocycles. The molecule has 1 aromatic heterocycles. The van der Waals surface area contributed by atoms with Gasteiger partial charge >= 0.3 is 6.03 Å². The molecule has 0 aliphatic carbocycles. The Morgan fingerprint density at radius 2 is 2.03 bits per heavy atom. The van der Waals surface area contributed by atoms with Crippen molar-refractivity contribution in [1.82, 2.24) is 14.9 Å². The van der Waals surface area contributed by atoms with E-state index in [1.807, 2.05) is 31.9 Å². The van der Waals surface area contributed by atoms with Crippen molar-refractivity contribution >= 4 is 29.3 Å². The highest BCUT2D eigenvalue weighted by Crippen LogP contribution is 2.41. The molecule has 4 rings (SSSR count). The number of anilines is 2. The molecular formula is C21H26ClN5O2. The second-order valence-electron chi connectivity index (χ2n) is 8.07. The van der Waals surface area contributed by atoms with Gasteiger partial charge in [-0.15, -0.1) is 0 Å². The lowest BCUT2D eigenvalue weighted by Crippen LogP contribution is -2.73. The molecule has 2 fully saturated rings. The number of ether oxygens (including phenoxy) is 1. The van der Waals surface area contributed by atoms with Crippen LogP contribution >= 0.6 is 11.6 Å². The van der Waals surface area contributed by atoms with Gasteiger partial charge in [-0.25, -0.2) is 14.8 Å². The van der Waals surface area contributed by atoms with Crippen molar-refractivity contribution in [2.45, 2.75) is 27.2 Å². The fraction of sp³-hybridized carbons (Fsp3) is 0.476. The van der Waals surface area contributed by atoms with Crippen LogP contribution in [-0.4, -0.2) is 53.7 Å². The van der Waals surface area contributed by atoms with Crippen molar-refractivity contribution in [1.29, 1.82) is 0 Å². The highest BCUT2D eigenvalue weighted by Gasteiger charge is 2.54. The summed E-state index contributed by atoms with van der Waals surface area (Å²) in [4.78, 5) is 25.7. The van der Waals surface area contributed by atoms with E-state index in [0.29, 0.717) is 23.1 Å². The summed E-state index contributed by atoms with van der Waals surface area (Å²) < 4.78 is 5.72. The molecule has 0 unspecified atom stereocenters. The third kappa shape index (κ3) is 3.96. The second kappa shape index (κ2) is 7.71. The Kier molecular flexibility index (Phi) is 5.25. The number of aryl methyl sites for hydroxylation is 2. The average Bonchev–Trinajstić information content (AvgIpc) is 2.62. The molecule has 0 atom stereocenters. The molecule has 0 saturated carbocycles. The Morgan fingerprint density at radius 3 is 2.72 bits per heavy atom. The fourth-order valence-corrected chi connectivity index (χ4v) is 3.97. The van der Waals surface area contributed by atoms with E-state index in [4.69, 9.17) is 16.3 Å².